The fourth-order valence-corrected chi connectivity index (χ4v) is 1.54. The van der Waals surface area contributed by atoms with Gasteiger partial charge in [0, 0.05) is 6.54 Å². The Morgan fingerprint density at radius 1 is 1.38 bits per heavy atom. The maximum Gasteiger partial charge on any atom is 0.183 e. The third-order valence-corrected chi connectivity index (χ3v) is 2.43. The number of hydrogen-bond acceptors (Lipinski definition) is 5. The molecule has 0 amide bonds. The Labute approximate surface area is 92.8 Å². The minimum Gasteiger partial charge on any atom is -0.497 e. The van der Waals surface area contributed by atoms with Gasteiger partial charge in [-0.1, -0.05) is 17.3 Å². The molecule has 16 heavy (non-hydrogen) atoms. The Morgan fingerprint density at radius 2 is 2.12 bits per heavy atom. The zero-order valence-corrected chi connectivity index (χ0v) is 8.92. The summed E-state index contributed by atoms with van der Waals surface area (Å²) in [5.41, 5.74) is 6.76. The molecule has 6 heteroatoms. The van der Waals surface area contributed by atoms with E-state index in [0.717, 1.165) is 11.3 Å². The van der Waals surface area contributed by atoms with Crippen molar-refractivity contribution < 1.29 is 4.74 Å². The third-order valence-electron chi connectivity index (χ3n) is 2.43. The number of H-pyrrole nitrogens is 1. The minimum absolute atomic E-state index is 0.0374. The first kappa shape index (κ1) is 10.6. The summed E-state index contributed by atoms with van der Waals surface area (Å²) in [6.45, 7) is 0.436. The largest absolute Gasteiger partial charge is 0.497 e. The predicted octanol–water partition coefficient (Wildman–Crippen LogP) is 0.299. The molecule has 0 aliphatic carbocycles. The Bertz CT molecular complexity index is 425. The number of nitrogens with zero attached hydrogens (tertiary/aromatic N) is 3. The van der Waals surface area contributed by atoms with E-state index in [0.29, 0.717) is 12.4 Å². The Balaban J connectivity index is 2.27. The number of nitrogens with one attached hydrogen (secondary N) is 1. The van der Waals surface area contributed by atoms with Gasteiger partial charge in [0.15, 0.2) is 5.82 Å². The third kappa shape index (κ3) is 2.01. The van der Waals surface area contributed by atoms with Gasteiger partial charge in [-0.2, -0.15) is 5.21 Å². The van der Waals surface area contributed by atoms with Crippen LogP contribution in [0.1, 0.15) is 17.3 Å². The number of benzene rings is 1. The maximum absolute atomic E-state index is 5.71. The van der Waals surface area contributed by atoms with E-state index >= 15 is 0 Å². The quantitative estimate of drug-likeness (QED) is 0.771. The molecule has 2 rings (SSSR count). The van der Waals surface area contributed by atoms with Crippen LogP contribution >= 0.6 is 0 Å². The van der Waals surface area contributed by atoms with E-state index in [-0.39, 0.29) is 5.92 Å². The van der Waals surface area contributed by atoms with E-state index < -0.39 is 0 Å². The lowest BCUT2D eigenvalue weighted by Gasteiger charge is -2.11. The van der Waals surface area contributed by atoms with Gasteiger partial charge in [0.2, 0.25) is 0 Å². The predicted molar refractivity (Wildman–Crippen MR) is 58.1 cm³/mol. The Morgan fingerprint density at radius 3 is 2.62 bits per heavy atom. The highest BCUT2D eigenvalue weighted by Gasteiger charge is 2.16. The number of rotatable bonds is 4. The molecule has 2 aromatic rings. The molecule has 3 N–H and O–H groups in total. The van der Waals surface area contributed by atoms with Crippen molar-refractivity contribution >= 4 is 0 Å². The van der Waals surface area contributed by atoms with Gasteiger partial charge in [-0.3, -0.25) is 0 Å². The van der Waals surface area contributed by atoms with Crippen molar-refractivity contribution in [2.45, 2.75) is 5.92 Å². The topological polar surface area (TPSA) is 89.7 Å². The van der Waals surface area contributed by atoms with Gasteiger partial charge in [0.05, 0.1) is 13.0 Å². The Hall–Kier alpha value is -1.95. The zero-order valence-electron chi connectivity index (χ0n) is 8.92. The highest BCUT2D eigenvalue weighted by Crippen LogP contribution is 2.22. The lowest BCUT2D eigenvalue weighted by molar-refractivity contribution is 0.414. The van der Waals surface area contributed by atoms with Gasteiger partial charge in [-0.15, -0.1) is 10.2 Å². The van der Waals surface area contributed by atoms with Gasteiger partial charge >= 0.3 is 0 Å². The van der Waals surface area contributed by atoms with Crippen LogP contribution in [0.4, 0.5) is 0 Å². The van der Waals surface area contributed by atoms with E-state index in [1.165, 1.54) is 0 Å². The summed E-state index contributed by atoms with van der Waals surface area (Å²) in [7, 11) is 1.63. The van der Waals surface area contributed by atoms with E-state index in [1.54, 1.807) is 7.11 Å². The van der Waals surface area contributed by atoms with Crippen LogP contribution in [0.15, 0.2) is 24.3 Å². The van der Waals surface area contributed by atoms with E-state index in [4.69, 9.17) is 10.5 Å². The van der Waals surface area contributed by atoms with Crippen LogP contribution in [0.25, 0.3) is 0 Å². The van der Waals surface area contributed by atoms with Crippen molar-refractivity contribution in [1.29, 1.82) is 0 Å². The fourth-order valence-electron chi connectivity index (χ4n) is 1.54. The van der Waals surface area contributed by atoms with Gasteiger partial charge in [0.1, 0.15) is 5.75 Å². The van der Waals surface area contributed by atoms with Crippen molar-refractivity contribution in [3.8, 4) is 5.75 Å². The van der Waals surface area contributed by atoms with Crippen molar-refractivity contribution in [1.82, 2.24) is 20.6 Å². The standard InChI is InChI=1S/C10H13N5O/c1-16-8-4-2-7(3-5-8)9(6-11)10-12-14-15-13-10/h2-5,9H,6,11H2,1H3,(H,12,13,14,15). The first-order valence-electron chi connectivity index (χ1n) is 4.92. The molecule has 0 bridgehead atoms. The smallest absolute Gasteiger partial charge is 0.183 e. The molecule has 1 atom stereocenters. The summed E-state index contributed by atoms with van der Waals surface area (Å²) < 4.78 is 5.09. The van der Waals surface area contributed by atoms with Gasteiger partial charge in [-0.05, 0) is 17.7 Å². The van der Waals surface area contributed by atoms with Crippen LogP contribution in [0.3, 0.4) is 0 Å². The number of hydrogen-bond donors (Lipinski definition) is 2. The van der Waals surface area contributed by atoms with Gasteiger partial charge < -0.3 is 10.5 Å². The number of methoxy groups -OCH3 is 1. The average molecular weight is 219 g/mol. The second-order valence-electron chi connectivity index (χ2n) is 3.33. The number of aromatic nitrogens is 4. The Kier molecular flexibility index (Phi) is 3.11. The number of tetrazole rings is 1. The molecule has 0 radical (unpaired) electrons. The lowest BCUT2D eigenvalue weighted by atomic mass is 9.99. The van der Waals surface area contributed by atoms with Crippen LogP contribution < -0.4 is 10.5 Å². The summed E-state index contributed by atoms with van der Waals surface area (Å²) in [6, 6.07) is 7.68. The van der Waals surface area contributed by atoms with Crippen LogP contribution in [0, 0.1) is 0 Å². The average Bonchev–Trinajstić information content (AvgIpc) is 2.85. The highest BCUT2D eigenvalue weighted by atomic mass is 16.5. The number of aromatic amines is 1. The van der Waals surface area contributed by atoms with Crippen molar-refractivity contribution in [3.63, 3.8) is 0 Å². The number of ether oxygens (including phenoxy) is 1. The summed E-state index contributed by atoms with van der Waals surface area (Å²) in [5.74, 6) is 1.38. The van der Waals surface area contributed by atoms with Gasteiger partial charge in [0.25, 0.3) is 0 Å². The normalized spacial score (nSPS) is 12.4. The molecule has 0 spiro atoms. The first-order chi connectivity index (χ1) is 7.85. The second kappa shape index (κ2) is 4.71. The lowest BCUT2D eigenvalue weighted by Crippen LogP contribution is -2.15. The number of nitrogens with two attached hydrogens (primary N) is 1. The molecule has 0 aliphatic rings. The minimum atomic E-state index is -0.0374. The second-order valence-corrected chi connectivity index (χ2v) is 3.33. The van der Waals surface area contributed by atoms with Crippen LogP contribution in [-0.2, 0) is 0 Å². The van der Waals surface area contributed by atoms with E-state index in [2.05, 4.69) is 20.6 Å². The van der Waals surface area contributed by atoms with Crippen molar-refractivity contribution in [3.05, 3.63) is 35.7 Å². The monoisotopic (exact) mass is 219 g/mol. The van der Waals surface area contributed by atoms with E-state index in [1.807, 2.05) is 24.3 Å². The molecule has 1 aromatic heterocycles. The van der Waals surface area contributed by atoms with Crippen LogP contribution in [-0.4, -0.2) is 34.3 Å². The van der Waals surface area contributed by atoms with Crippen molar-refractivity contribution in [2.75, 3.05) is 13.7 Å². The summed E-state index contributed by atoms with van der Waals surface area (Å²) in [5, 5.41) is 13.9. The molecular formula is C10H13N5O. The van der Waals surface area contributed by atoms with E-state index in [9.17, 15) is 0 Å². The summed E-state index contributed by atoms with van der Waals surface area (Å²) in [6.07, 6.45) is 0. The summed E-state index contributed by atoms with van der Waals surface area (Å²) in [4.78, 5) is 0. The molecule has 1 heterocycles. The maximum atomic E-state index is 5.71. The molecule has 84 valence electrons. The SMILES string of the molecule is COc1ccc(C(CN)c2nn[nH]n2)cc1. The fraction of sp³-hybridized carbons (Fsp3) is 0.300. The van der Waals surface area contributed by atoms with Crippen LogP contribution in [0.2, 0.25) is 0 Å². The zero-order chi connectivity index (χ0) is 11.4. The van der Waals surface area contributed by atoms with Crippen molar-refractivity contribution in [2.24, 2.45) is 5.73 Å². The van der Waals surface area contributed by atoms with Gasteiger partial charge in [-0.25, -0.2) is 0 Å². The molecule has 0 saturated heterocycles. The first-order valence-corrected chi connectivity index (χ1v) is 4.92. The summed E-state index contributed by atoms with van der Waals surface area (Å²) >= 11 is 0. The molecular weight excluding hydrogens is 206 g/mol. The molecule has 1 unspecified atom stereocenters. The molecule has 6 nitrogen and oxygen atoms in total. The molecule has 0 aliphatic heterocycles. The van der Waals surface area contributed by atoms with Crippen LogP contribution in [0.5, 0.6) is 5.75 Å². The molecule has 0 saturated carbocycles. The molecule has 1 aromatic carbocycles. The highest BCUT2D eigenvalue weighted by molar-refractivity contribution is 5.32. The molecule has 0 fully saturated rings.